The van der Waals surface area contributed by atoms with E-state index in [0.29, 0.717) is 17.7 Å². The number of amides is 1. The summed E-state index contributed by atoms with van der Waals surface area (Å²) in [5.41, 5.74) is 2.58. The number of aryl methyl sites for hydroxylation is 1. The maximum absolute atomic E-state index is 12.8. The normalized spacial score (nSPS) is 30.1. The van der Waals surface area contributed by atoms with Crippen molar-refractivity contribution in [3.05, 3.63) is 42.0 Å². The SMILES string of the molecule is Cc1cccc(N2CCN(C(=O)C3CC4C=CC3C4)CC2)c1. The van der Waals surface area contributed by atoms with Crippen LogP contribution in [0.1, 0.15) is 18.4 Å². The molecular formula is C19H24N2O. The highest BCUT2D eigenvalue weighted by atomic mass is 16.2. The summed E-state index contributed by atoms with van der Waals surface area (Å²) in [6, 6.07) is 8.65. The van der Waals surface area contributed by atoms with Crippen molar-refractivity contribution in [3.63, 3.8) is 0 Å². The Morgan fingerprint density at radius 2 is 1.91 bits per heavy atom. The molecule has 3 heteroatoms. The van der Waals surface area contributed by atoms with E-state index in [-0.39, 0.29) is 5.92 Å². The Kier molecular flexibility index (Phi) is 3.44. The molecule has 0 N–H and O–H groups in total. The number of piperazine rings is 1. The standard InChI is InChI=1S/C19H24N2O/c1-14-3-2-4-17(11-14)20-7-9-21(10-8-20)19(22)18-13-15-5-6-16(18)12-15/h2-6,11,15-16,18H,7-10,12-13H2,1H3. The molecule has 0 aromatic heterocycles. The second kappa shape index (κ2) is 5.45. The first-order valence-electron chi connectivity index (χ1n) is 8.49. The fraction of sp³-hybridized carbons (Fsp3) is 0.526. The number of carbonyl (C=O) groups excluding carboxylic acids is 1. The molecule has 1 aromatic carbocycles. The van der Waals surface area contributed by atoms with Crippen LogP contribution in [-0.4, -0.2) is 37.0 Å². The van der Waals surface area contributed by atoms with Crippen LogP contribution >= 0.6 is 0 Å². The summed E-state index contributed by atoms with van der Waals surface area (Å²) in [6.45, 7) is 5.76. The van der Waals surface area contributed by atoms with Crippen molar-refractivity contribution in [2.75, 3.05) is 31.1 Å². The van der Waals surface area contributed by atoms with Crippen LogP contribution in [0.15, 0.2) is 36.4 Å². The highest BCUT2D eigenvalue weighted by molar-refractivity contribution is 5.80. The molecule has 0 spiro atoms. The van der Waals surface area contributed by atoms with Gasteiger partial charge in [0, 0.05) is 37.8 Å². The fourth-order valence-electron chi connectivity index (χ4n) is 4.31. The van der Waals surface area contributed by atoms with Gasteiger partial charge in [-0.3, -0.25) is 4.79 Å². The summed E-state index contributed by atoms with van der Waals surface area (Å²) in [4.78, 5) is 17.3. The number of anilines is 1. The van der Waals surface area contributed by atoms with Gasteiger partial charge in [-0.25, -0.2) is 0 Å². The van der Waals surface area contributed by atoms with E-state index < -0.39 is 0 Å². The molecule has 1 saturated heterocycles. The second-order valence-electron chi connectivity index (χ2n) is 7.04. The first-order valence-corrected chi connectivity index (χ1v) is 8.49. The van der Waals surface area contributed by atoms with Gasteiger partial charge in [0.25, 0.3) is 0 Å². The average molecular weight is 296 g/mol. The average Bonchev–Trinajstić information content (AvgIpc) is 3.17. The van der Waals surface area contributed by atoms with E-state index in [1.54, 1.807) is 0 Å². The number of carbonyl (C=O) groups is 1. The zero-order chi connectivity index (χ0) is 15.1. The molecule has 2 bridgehead atoms. The van der Waals surface area contributed by atoms with E-state index in [1.807, 2.05) is 0 Å². The molecule has 4 rings (SSSR count). The molecule has 1 amide bonds. The highest BCUT2D eigenvalue weighted by Gasteiger charge is 2.41. The lowest BCUT2D eigenvalue weighted by Crippen LogP contribution is -2.50. The summed E-state index contributed by atoms with van der Waals surface area (Å²) < 4.78 is 0. The molecule has 1 aromatic rings. The van der Waals surface area contributed by atoms with Crippen molar-refractivity contribution in [3.8, 4) is 0 Å². The summed E-state index contributed by atoms with van der Waals surface area (Å²) >= 11 is 0. The maximum atomic E-state index is 12.8. The van der Waals surface area contributed by atoms with Gasteiger partial charge < -0.3 is 9.80 Å². The third-order valence-corrected chi connectivity index (χ3v) is 5.55. The summed E-state index contributed by atoms with van der Waals surface area (Å²) in [7, 11) is 0. The number of nitrogens with zero attached hydrogens (tertiary/aromatic N) is 2. The summed E-state index contributed by atoms with van der Waals surface area (Å²) in [6.07, 6.45) is 6.88. The van der Waals surface area contributed by atoms with E-state index in [4.69, 9.17) is 0 Å². The van der Waals surface area contributed by atoms with Crippen LogP contribution in [0.3, 0.4) is 0 Å². The molecule has 1 saturated carbocycles. The Morgan fingerprint density at radius 1 is 1.09 bits per heavy atom. The topological polar surface area (TPSA) is 23.6 Å². The van der Waals surface area contributed by atoms with Crippen molar-refractivity contribution >= 4 is 11.6 Å². The molecule has 3 atom stereocenters. The van der Waals surface area contributed by atoms with Crippen molar-refractivity contribution in [2.24, 2.45) is 17.8 Å². The van der Waals surface area contributed by atoms with E-state index in [1.165, 1.54) is 17.7 Å². The van der Waals surface area contributed by atoms with E-state index in [0.717, 1.165) is 32.6 Å². The lowest BCUT2D eigenvalue weighted by atomic mass is 9.92. The Labute approximate surface area is 132 Å². The van der Waals surface area contributed by atoms with Crippen molar-refractivity contribution in [1.82, 2.24) is 4.90 Å². The fourth-order valence-corrected chi connectivity index (χ4v) is 4.31. The van der Waals surface area contributed by atoms with Crippen LogP contribution in [-0.2, 0) is 4.79 Å². The zero-order valence-electron chi connectivity index (χ0n) is 13.2. The minimum Gasteiger partial charge on any atom is -0.368 e. The molecule has 3 unspecified atom stereocenters. The lowest BCUT2D eigenvalue weighted by molar-refractivity contribution is -0.136. The first-order chi connectivity index (χ1) is 10.7. The number of benzene rings is 1. The maximum Gasteiger partial charge on any atom is 0.226 e. The lowest BCUT2D eigenvalue weighted by Gasteiger charge is -2.38. The van der Waals surface area contributed by atoms with Crippen LogP contribution in [0, 0.1) is 24.7 Å². The van der Waals surface area contributed by atoms with Gasteiger partial charge in [-0.05, 0) is 49.3 Å². The van der Waals surface area contributed by atoms with Gasteiger partial charge >= 0.3 is 0 Å². The molecular weight excluding hydrogens is 272 g/mol. The first kappa shape index (κ1) is 13.9. The van der Waals surface area contributed by atoms with Gasteiger partial charge in [-0.1, -0.05) is 24.3 Å². The number of hydrogen-bond acceptors (Lipinski definition) is 2. The number of fused-ring (bicyclic) bond motifs is 2. The van der Waals surface area contributed by atoms with Gasteiger partial charge in [0.05, 0.1) is 0 Å². The number of rotatable bonds is 2. The van der Waals surface area contributed by atoms with Crippen molar-refractivity contribution in [1.29, 1.82) is 0 Å². The zero-order valence-corrected chi connectivity index (χ0v) is 13.2. The predicted molar refractivity (Wildman–Crippen MR) is 88.8 cm³/mol. The van der Waals surface area contributed by atoms with Crippen LogP contribution in [0.25, 0.3) is 0 Å². The number of hydrogen-bond donors (Lipinski definition) is 0. The molecule has 116 valence electrons. The number of allylic oxidation sites excluding steroid dienone is 2. The molecule has 3 nitrogen and oxygen atoms in total. The van der Waals surface area contributed by atoms with Crippen LogP contribution in [0.2, 0.25) is 0 Å². The van der Waals surface area contributed by atoms with Gasteiger partial charge in [0.2, 0.25) is 5.91 Å². The quantitative estimate of drug-likeness (QED) is 0.784. The monoisotopic (exact) mass is 296 g/mol. The van der Waals surface area contributed by atoms with Crippen LogP contribution in [0.5, 0.6) is 0 Å². The third kappa shape index (κ3) is 2.43. The summed E-state index contributed by atoms with van der Waals surface area (Å²) in [5.74, 6) is 1.86. The second-order valence-corrected chi connectivity index (χ2v) is 7.04. The van der Waals surface area contributed by atoms with Crippen molar-refractivity contribution < 1.29 is 4.79 Å². The third-order valence-electron chi connectivity index (χ3n) is 5.55. The molecule has 2 fully saturated rings. The Balaban J connectivity index is 1.38. The Morgan fingerprint density at radius 3 is 2.55 bits per heavy atom. The molecule has 1 heterocycles. The van der Waals surface area contributed by atoms with Gasteiger partial charge in [-0.15, -0.1) is 0 Å². The van der Waals surface area contributed by atoms with Gasteiger partial charge in [0.1, 0.15) is 0 Å². The predicted octanol–water partition coefficient (Wildman–Crippen LogP) is 2.86. The molecule has 3 aliphatic rings. The minimum absolute atomic E-state index is 0.264. The van der Waals surface area contributed by atoms with E-state index >= 15 is 0 Å². The van der Waals surface area contributed by atoms with Crippen molar-refractivity contribution in [2.45, 2.75) is 19.8 Å². The van der Waals surface area contributed by atoms with Gasteiger partial charge in [0.15, 0.2) is 0 Å². The largest absolute Gasteiger partial charge is 0.368 e. The Bertz CT molecular complexity index is 601. The smallest absolute Gasteiger partial charge is 0.226 e. The minimum atomic E-state index is 0.264. The molecule has 2 aliphatic carbocycles. The van der Waals surface area contributed by atoms with Gasteiger partial charge in [-0.2, -0.15) is 0 Å². The molecule has 22 heavy (non-hydrogen) atoms. The molecule has 0 radical (unpaired) electrons. The van der Waals surface area contributed by atoms with Crippen LogP contribution < -0.4 is 4.90 Å². The van der Waals surface area contributed by atoms with E-state index in [2.05, 4.69) is 53.1 Å². The molecule has 1 aliphatic heterocycles. The highest BCUT2D eigenvalue weighted by Crippen LogP contribution is 2.44. The van der Waals surface area contributed by atoms with Crippen LogP contribution in [0.4, 0.5) is 5.69 Å². The summed E-state index contributed by atoms with van der Waals surface area (Å²) in [5, 5.41) is 0. The van der Waals surface area contributed by atoms with E-state index in [9.17, 15) is 4.79 Å². The Hall–Kier alpha value is -1.77.